The number of hydrazine groups is 1. The molecule has 2 N–H and O–H groups in total. The van der Waals surface area contributed by atoms with E-state index in [-0.39, 0.29) is 11.9 Å². The molecule has 3 nitrogen and oxygen atoms in total. The highest BCUT2D eigenvalue weighted by Gasteiger charge is 2.26. The van der Waals surface area contributed by atoms with Crippen molar-refractivity contribution in [3.05, 3.63) is 35.9 Å². The van der Waals surface area contributed by atoms with Gasteiger partial charge in [-0.2, -0.15) is 0 Å². The fourth-order valence-electron chi connectivity index (χ4n) is 1.51. The molecule has 14 heavy (non-hydrogen) atoms. The molecule has 1 saturated heterocycles. The summed E-state index contributed by atoms with van der Waals surface area (Å²) in [6.07, 6.45) is 0.622. The van der Waals surface area contributed by atoms with Crippen molar-refractivity contribution in [1.29, 1.82) is 0 Å². The molecule has 2 rings (SSSR count). The lowest BCUT2D eigenvalue weighted by molar-refractivity contribution is -0.123. The monoisotopic (exact) mass is 210 g/mol. The molecule has 0 bridgehead atoms. The molecule has 2 unspecified atom stereocenters. The summed E-state index contributed by atoms with van der Waals surface area (Å²) < 4.78 is 0. The van der Waals surface area contributed by atoms with Crippen molar-refractivity contribution < 1.29 is 4.79 Å². The van der Waals surface area contributed by atoms with Gasteiger partial charge in [0, 0.05) is 0 Å². The Hall–Kier alpha value is -1.06. The molecule has 0 spiro atoms. The lowest BCUT2D eigenvalue weighted by Crippen LogP contribution is -2.50. The summed E-state index contributed by atoms with van der Waals surface area (Å²) in [4.78, 5) is 11.1. The van der Waals surface area contributed by atoms with Crippen molar-refractivity contribution in [3.8, 4) is 0 Å². The van der Waals surface area contributed by atoms with Gasteiger partial charge in [-0.15, -0.1) is 11.6 Å². The Bertz CT molecular complexity index is 328. The Balaban J connectivity index is 2.11. The number of carbonyl (C=O) groups is 1. The molecule has 74 valence electrons. The molecule has 2 atom stereocenters. The van der Waals surface area contributed by atoms with Crippen molar-refractivity contribution in [3.63, 3.8) is 0 Å². The van der Waals surface area contributed by atoms with E-state index in [0.717, 1.165) is 5.56 Å². The molecule has 1 heterocycles. The van der Waals surface area contributed by atoms with Crippen molar-refractivity contribution >= 4 is 17.5 Å². The van der Waals surface area contributed by atoms with Crippen LogP contribution in [0.25, 0.3) is 0 Å². The first-order valence-corrected chi connectivity index (χ1v) is 4.95. The van der Waals surface area contributed by atoms with Crippen LogP contribution in [0.2, 0.25) is 0 Å². The van der Waals surface area contributed by atoms with Crippen molar-refractivity contribution in [2.24, 2.45) is 0 Å². The fraction of sp³-hybridized carbons (Fsp3) is 0.300. The lowest BCUT2D eigenvalue weighted by Gasteiger charge is -2.27. The minimum Gasteiger partial charge on any atom is -0.290 e. The van der Waals surface area contributed by atoms with Crippen LogP contribution < -0.4 is 10.9 Å². The molecule has 1 aliphatic heterocycles. The summed E-state index contributed by atoms with van der Waals surface area (Å²) in [7, 11) is 0. The molecular weight excluding hydrogens is 200 g/mol. The minimum atomic E-state index is -0.443. The van der Waals surface area contributed by atoms with Crippen LogP contribution >= 0.6 is 11.6 Å². The Morgan fingerprint density at radius 1 is 1.29 bits per heavy atom. The largest absolute Gasteiger partial charge is 0.290 e. The van der Waals surface area contributed by atoms with Crippen LogP contribution in [0.4, 0.5) is 0 Å². The maximum atomic E-state index is 11.1. The average Bonchev–Trinajstić information content (AvgIpc) is 2.23. The van der Waals surface area contributed by atoms with E-state index in [9.17, 15) is 4.79 Å². The van der Waals surface area contributed by atoms with Gasteiger partial charge in [-0.3, -0.25) is 10.2 Å². The Labute approximate surface area is 87.4 Å². The number of alkyl halides is 1. The smallest absolute Gasteiger partial charge is 0.252 e. The zero-order valence-electron chi connectivity index (χ0n) is 7.53. The molecule has 1 aromatic rings. The van der Waals surface area contributed by atoms with Gasteiger partial charge in [0.05, 0.1) is 6.04 Å². The zero-order valence-corrected chi connectivity index (χ0v) is 8.29. The molecular formula is C10H11ClN2O. The summed E-state index contributed by atoms with van der Waals surface area (Å²) in [5, 5.41) is -0.443. The summed E-state index contributed by atoms with van der Waals surface area (Å²) in [6, 6.07) is 10.0. The summed E-state index contributed by atoms with van der Waals surface area (Å²) in [6.45, 7) is 0. The van der Waals surface area contributed by atoms with E-state index < -0.39 is 5.38 Å². The number of benzene rings is 1. The number of carbonyl (C=O) groups excluding carboxylic acids is 1. The average molecular weight is 211 g/mol. The van der Waals surface area contributed by atoms with Gasteiger partial charge in [0.1, 0.15) is 5.38 Å². The van der Waals surface area contributed by atoms with E-state index in [1.165, 1.54) is 0 Å². The van der Waals surface area contributed by atoms with E-state index in [1.54, 1.807) is 0 Å². The number of amides is 1. The Morgan fingerprint density at radius 2 is 2.00 bits per heavy atom. The van der Waals surface area contributed by atoms with Gasteiger partial charge in [-0.1, -0.05) is 30.3 Å². The topological polar surface area (TPSA) is 41.1 Å². The fourth-order valence-corrected chi connectivity index (χ4v) is 1.75. The third-order valence-corrected chi connectivity index (χ3v) is 2.68. The second-order valence-electron chi connectivity index (χ2n) is 3.30. The highest BCUT2D eigenvalue weighted by Crippen LogP contribution is 2.22. The number of rotatable bonds is 1. The third-order valence-electron chi connectivity index (χ3n) is 2.30. The molecule has 1 aliphatic rings. The predicted octanol–water partition coefficient (Wildman–Crippen LogP) is 1.36. The third kappa shape index (κ3) is 1.89. The van der Waals surface area contributed by atoms with Gasteiger partial charge in [0.25, 0.3) is 5.91 Å². The lowest BCUT2D eigenvalue weighted by atomic mass is 10.0. The maximum Gasteiger partial charge on any atom is 0.252 e. The van der Waals surface area contributed by atoms with Gasteiger partial charge >= 0.3 is 0 Å². The Morgan fingerprint density at radius 3 is 2.64 bits per heavy atom. The van der Waals surface area contributed by atoms with Crippen LogP contribution in [-0.4, -0.2) is 11.3 Å². The van der Waals surface area contributed by atoms with E-state index >= 15 is 0 Å². The number of nitrogens with one attached hydrogen (secondary N) is 2. The molecule has 1 aromatic carbocycles. The van der Waals surface area contributed by atoms with Gasteiger partial charge in [-0.25, -0.2) is 5.43 Å². The molecule has 0 saturated carbocycles. The van der Waals surface area contributed by atoms with Crippen molar-refractivity contribution in [1.82, 2.24) is 10.9 Å². The second kappa shape index (κ2) is 3.98. The van der Waals surface area contributed by atoms with Crippen LogP contribution in [0.1, 0.15) is 18.0 Å². The van der Waals surface area contributed by atoms with Gasteiger partial charge in [0.2, 0.25) is 0 Å². The van der Waals surface area contributed by atoms with Crippen LogP contribution in [0.3, 0.4) is 0 Å². The van der Waals surface area contributed by atoms with Crippen LogP contribution in [0.5, 0.6) is 0 Å². The molecule has 1 amide bonds. The maximum absolute atomic E-state index is 11.1. The van der Waals surface area contributed by atoms with Crippen LogP contribution in [-0.2, 0) is 4.79 Å². The van der Waals surface area contributed by atoms with E-state index in [2.05, 4.69) is 10.9 Å². The second-order valence-corrected chi connectivity index (χ2v) is 3.83. The highest BCUT2D eigenvalue weighted by molar-refractivity contribution is 6.30. The first kappa shape index (κ1) is 9.49. The molecule has 0 aromatic heterocycles. The van der Waals surface area contributed by atoms with Crippen molar-refractivity contribution in [2.45, 2.75) is 17.8 Å². The standard InChI is InChI=1S/C10H11ClN2O/c11-8-6-9(12-13-10(8)14)7-4-2-1-3-5-7/h1-5,8-9,12H,6H2,(H,13,14). The predicted molar refractivity (Wildman–Crippen MR) is 54.7 cm³/mol. The van der Waals surface area contributed by atoms with E-state index in [1.807, 2.05) is 30.3 Å². The van der Waals surface area contributed by atoms with Gasteiger partial charge in [-0.05, 0) is 12.0 Å². The van der Waals surface area contributed by atoms with Gasteiger partial charge < -0.3 is 0 Å². The quantitative estimate of drug-likeness (QED) is 0.688. The number of halogens is 1. The first-order chi connectivity index (χ1) is 6.77. The van der Waals surface area contributed by atoms with Crippen molar-refractivity contribution in [2.75, 3.05) is 0 Å². The van der Waals surface area contributed by atoms with E-state index in [4.69, 9.17) is 11.6 Å². The van der Waals surface area contributed by atoms with Gasteiger partial charge in [0.15, 0.2) is 0 Å². The normalized spacial score (nSPS) is 27.1. The molecule has 1 fully saturated rings. The highest BCUT2D eigenvalue weighted by atomic mass is 35.5. The molecule has 0 radical (unpaired) electrons. The molecule has 0 aliphatic carbocycles. The minimum absolute atomic E-state index is 0.108. The van der Waals surface area contributed by atoms with Crippen LogP contribution in [0.15, 0.2) is 30.3 Å². The summed E-state index contributed by atoms with van der Waals surface area (Å²) in [5.41, 5.74) is 6.63. The number of hydrogen-bond acceptors (Lipinski definition) is 2. The zero-order chi connectivity index (χ0) is 9.97. The van der Waals surface area contributed by atoms with Crippen LogP contribution in [0, 0.1) is 0 Å². The SMILES string of the molecule is O=C1NNC(c2ccccc2)CC1Cl. The summed E-state index contributed by atoms with van der Waals surface area (Å²) >= 11 is 5.86. The first-order valence-electron chi connectivity index (χ1n) is 4.52. The summed E-state index contributed by atoms with van der Waals surface area (Å²) in [5.74, 6) is -0.154. The Kier molecular flexibility index (Phi) is 2.70. The molecule has 4 heteroatoms. The van der Waals surface area contributed by atoms with E-state index in [0.29, 0.717) is 6.42 Å². The number of hydrogen-bond donors (Lipinski definition) is 2.